The molecule has 5 nitrogen and oxygen atoms in total. The number of pyridine rings is 1. The monoisotopic (exact) mass is 438 g/mol. The van der Waals surface area contributed by atoms with Crippen LogP contribution in [0.4, 0.5) is 5.69 Å². The first-order valence-electron chi connectivity index (χ1n) is 10.5. The lowest BCUT2D eigenvalue weighted by Crippen LogP contribution is -2.31. The van der Waals surface area contributed by atoms with Crippen molar-refractivity contribution >= 4 is 39.9 Å². The van der Waals surface area contributed by atoms with Crippen LogP contribution in [0.15, 0.2) is 96.2 Å². The van der Waals surface area contributed by atoms with E-state index < -0.39 is 0 Å². The van der Waals surface area contributed by atoms with Crippen LogP contribution >= 0.6 is 11.8 Å². The maximum atomic E-state index is 13.3. The predicted octanol–water partition coefficient (Wildman–Crippen LogP) is 5.52. The van der Waals surface area contributed by atoms with Crippen LogP contribution in [0.5, 0.6) is 0 Å². The second-order valence-corrected chi connectivity index (χ2v) is 8.55. The summed E-state index contributed by atoms with van der Waals surface area (Å²) in [6.45, 7) is 2.60. The minimum atomic E-state index is 0.0261. The number of benzene rings is 3. The van der Waals surface area contributed by atoms with Crippen molar-refractivity contribution in [2.75, 3.05) is 10.7 Å². The zero-order valence-corrected chi connectivity index (χ0v) is 18.5. The van der Waals surface area contributed by atoms with E-state index in [1.165, 1.54) is 11.8 Å². The highest BCUT2D eigenvalue weighted by Gasteiger charge is 2.19. The lowest BCUT2D eigenvalue weighted by Gasteiger charge is -2.23. The van der Waals surface area contributed by atoms with Gasteiger partial charge >= 0.3 is 0 Å². The average molecular weight is 439 g/mol. The highest BCUT2D eigenvalue weighted by molar-refractivity contribution is 7.99. The van der Waals surface area contributed by atoms with Crippen molar-refractivity contribution in [2.24, 2.45) is 0 Å². The number of carbonyl (C=O) groups excluding carboxylic acids is 1. The van der Waals surface area contributed by atoms with Crippen molar-refractivity contribution in [3.63, 3.8) is 0 Å². The first-order valence-corrected chi connectivity index (χ1v) is 11.4. The third-order valence-corrected chi connectivity index (χ3v) is 6.36. The molecule has 0 unspecified atom stereocenters. The van der Waals surface area contributed by atoms with Crippen LogP contribution in [0, 0.1) is 6.92 Å². The molecule has 0 N–H and O–H groups in total. The minimum Gasteiger partial charge on any atom is -0.307 e. The Morgan fingerprint density at radius 2 is 1.59 bits per heavy atom. The van der Waals surface area contributed by atoms with Gasteiger partial charge in [-0.05, 0) is 42.3 Å². The number of aromatic nitrogens is 3. The van der Waals surface area contributed by atoms with E-state index in [0.29, 0.717) is 6.54 Å². The van der Waals surface area contributed by atoms with Gasteiger partial charge in [0.05, 0.1) is 17.8 Å². The molecule has 0 bridgehead atoms. The number of fused-ring (bicyclic) bond motifs is 3. The van der Waals surface area contributed by atoms with Crippen molar-refractivity contribution in [2.45, 2.75) is 18.6 Å². The van der Waals surface area contributed by atoms with Crippen LogP contribution in [0.25, 0.3) is 16.6 Å². The molecule has 2 aromatic heterocycles. The molecule has 0 saturated heterocycles. The number of amides is 1. The maximum Gasteiger partial charge on any atom is 0.237 e. The molecule has 5 rings (SSSR count). The Labute approximate surface area is 190 Å². The van der Waals surface area contributed by atoms with Gasteiger partial charge in [-0.2, -0.15) is 0 Å². The molecule has 3 aromatic carbocycles. The van der Waals surface area contributed by atoms with Crippen LogP contribution in [0.1, 0.15) is 11.1 Å². The largest absolute Gasteiger partial charge is 0.307 e. The molecule has 0 fully saturated rings. The summed E-state index contributed by atoms with van der Waals surface area (Å²) in [5.41, 5.74) is 4.97. The third-order valence-electron chi connectivity index (χ3n) is 5.45. The van der Waals surface area contributed by atoms with Crippen molar-refractivity contribution in [1.82, 2.24) is 14.6 Å². The lowest BCUT2D eigenvalue weighted by molar-refractivity contribution is -0.116. The number of anilines is 1. The van der Waals surface area contributed by atoms with E-state index in [-0.39, 0.29) is 11.7 Å². The minimum absolute atomic E-state index is 0.0261. The van der Waals surface area contributed by atoms with E-state index in [1.54, 1.807) is 0 Å². The summed E-state index contributed by atoms with van der Waals surface area (Å²) >= 11 is 1.42. The van der Waals surface area contributed by atoms with Gasteiger partial charge in [0.15, 0.2) is 10.8 Å². The molecular formula is C26H22N4OS. The van der Waals surface area contributed by atoms with E-state index in [0.717, 1.165) is 38.5 Å². The van der Waals surface area contributed by atoms with Crippen LogP contribution in [-0.4, -0.2) is 26.3 Å². The molecule has 0 radical (unpaired) electrons. The number of hydrogen-bond acceptors (Lipinski definition) is 4. The zero-order chi connectivity index (χ0) is 21.9. The summed E-state index contributed by atoms with van der Waals surface area (Å²) in [7, 11) is 0. The highest BCUT2D eigenvalue weighted by Crippen LogP contribution is 2.27. The summed E-state index contributed by atoms with van der Waals surface area (Å²) in [6, 6.07) is 30.1. The lowest BCUT2D eigenvalue weighted by atomic mass is 10.1. The van der Waals surface area contributed by atoms with Gasteiger partial charge < -0.3 is 4.90 Å². The highest BCUT2D eigenvalue weighted by atomic mass is 32.2. The predicted molar refractivity (Wildman–Crippen MR) is 130 cm³/mol. The van der Waals surface area contributed by atoms with Gasteiger partial charge in [0.25, 0.3) is 0 Å². The molecule has 0 aliphatic rings. The van der Waals surface area contributed by atoms with Gasteiger partial charge in [0, 0.05) is 11.1 Å². The maximum absolute atomic E-state index is 13.3. The molecule has 6 heteroatoms. The Morgan fingerprint density at radius 3 is 2.38 bits per heavy atom. The molecule has 0 spiro atoms. The van der Waals surface area contributed by atoms with Crippen molar-refractivity contribution in [3.05, 3.63) is 102 Å². The first-order chi connectivity index (χ1) is 15.7. The molecule has 0 aliphatic carbocycles. The Balaban J connectivity index is 1.43. The van der Waals surface area contributed by atoms with Crippen molar-refractivity contribution in [1.29, 1.82) is 0 Å². The van der Waals surface area contributed by atoms with E-state index in [2.05, 4.69) is 29.3 Å². The summed E-state index contributed by atoms with van der Waals surface area (Å²) in [5.74, 6) is 0.295. The second kappa shape index (κ2) is 8.85. The van der Waals surface area contributed by atoms with E-state index in [9.17, 15) is 4.79 Å². The fraction of sp³-hybridized carbons (Fsp3) is 0.115. The Hall–Kier alpha value is -3.64. The summed E-state index contributed by atoms with van der Waals surface area (Å²) in [6.07, 6.45) is 0. The Bertz CT molecular complexity index is 1380. The molecule has 32 heavy (non-hydrogen) atoms. The molecular weight excluding hydrogens is 416 g/mol. The van der Waals surface area contributed by atoms with Gasteiger partial charge in [-0.1, -0.05) is 78.5 Å². The number of aryl methyl sites for hydroxylation is 1. The molecule has 0 saturated carbocycles. The summed E-state index contributed by atoms with van der Waals surface area (Å²) in [4.78, 5) is 15.2. The number of rotatable bonds is 6. The first kappa shape index (κ1) is 20.3. The number of nitrogens with zero attached hydrogens (tertiary/aromatic N) is 4. The van der Waals surface area contributed by atoms with Crippen LogP contribution in [0.2, 0.25) is 0 Å². The topological polar surface area (TPSA) is 50.5 Å². The Morgan fingerprint density at radius 1 is 0.906 bits per heavy atom. The Kier molecular flexibility index (Phi) is 5.60. The number of carbonyl (C=O) groups is 1. The fourth-order valence-electron chi connectivity index (χ4n) is 3.87. The van der Waals surface area contributed by atoms with Crippen molar-refractivity contribution in [3.8, 4) is 0 Å². The quantitative estimate of drug-likeness (QED) is 0.328. The number of hydrogen-bond donors (Lipinski definition) is 0. The third kappa shape index (κ3) is 3.97. The van der Waals surface area contributed by atoms with Gasteiger partial charge in [0.2, 0.25) is 5.91 Å². The standard InChI is InChI=1S/C26H22N4OS/c1-19-16-24-27-28-26(30(24)23-15-9-8-14-22(19)23)32-18-25(31)29(21-12-6-3-7-13-21)17-20-10-4-2-5-11-20/h2-16H,17-18H2,1H3. The van der Waals surface area contributed by atoms with Gasteiger partial charge in [-0.15, -0.1) is 10.2 Å². The van der Waals surface area contributed by atoms with Gasteiger partial charge in [-0.3, -0.25) is 9.20 Å². The molecule has 5 aromatic rings. The molecule has 0 atom stereocenters. The SMILES string of the molecule is Cc1cc2nnc(SCC(=O)N(Cc3ccccc3)c3ccccc3)n2c2ccccc12. The van der Waals surface area contributed by atoms with Crippen LogP contribution < -0.4 is 4.90 Å². The average Bonchev–Trinajstić information content (AvgIpc) is 3.25. The van der Waals surface area contributed by atoms with E-state index in [1.807, 2.05) is 88.2 Å². The van der Waals surface area contributed by atoms with Crippen molar-refractivity contribution < 1.29 is 4.79 Å². The molecule has 158 valence electrons. The van der Waals surface area contributed by atoms with Gasteiger partial charge in [0.1, 0.15) is 0 Å². The smallest absolute Gasteiger partial charge is 0.237 e. The summed E-state index contributed by atoms with van der Waals surface area (Å²) < 4.78 is 2.03. The second-order valence-electron chi connectivity index (χ2n) is 7.61. The number of thioether (sulfide) groups is 1. The van der Waals surface area contributed by atoms with Crippen LogP contribution in [-0.2, 0) is 11.3 Å². The fourth-order valence-corrected chi connectivity index (χ4v) is 4.70. The molecule has 1 amide bonds. The van der Waals surface area contributed by atoms with Crippen LogP contribution in [0.3, 0.4) is 0 Å². The zero-order valence-electron chi connectivity index (χ0n) is 17.7. The van der Waals surface area contributed by atoms with E-state index in [4.69, 9.17) is 0 Å². The molecule has 0 aliphatic heterocycles. The number of para-hydroxylation sites is 2. The normalized spacial score (nSPS) is 11.2. The van der Waals surface area contributed by atoms with E-state index >= 15 is 0 Å². The molecule has 2 heterocycles. The van der Waals surface area contributed by atoms with Gasteiger partial charge in [-0.25, -0.2) is 0 Å². The summed E-state index contributed by atoms with van der Waals surface area (Å²) in [5, 5.41) is 10.6.